The molecule has 0 bridgehead atoms. The molecule has 1 aromatic heterocycles. The minimum absolute atomic E-state index is 0.168. The van der Waals surface area contributed by atoms with E-state index in [2.05, 4.69) is 27.1 Å². The van der Waals surface area contributed by atoms with Crippen LogP contribution < -0.4 is 10.2 Å². The van der Waals surface area contributed by atoms with Crippen LogP contribution in [0.4, 0.5) is 5.82 Å². The van der Waals surface area contributed by atoms with Gasteiger partial charge in [-0.15, -0.1) is 0 Å². The molecule has 0 radical (unpaired) electrons. The molecular formula is C14H21N5O2. The third-order valence-electron chi connectivity index (χ3n) is 3.49. The highest BCUT2D eigenvalue weighted by Gasteiger charge is 2.18. The van der Waals surface area contributed by atoms with Crippen LogP contribution >= 0.6 is 0 Å². The van der Waals surface area contributed by atoms with Gasteiger partial charge in [0.15, 0.2) is 0 Å². The average Bonchev–Trinajstić information content (AvgIpc) is 2.55. The summed E-state index contributed by atoms with van der Waals surface area (Å²) in [6.07, 6.45) is 4.27. The Morgan fingerprint density at radius 1 is 1.33 bits per heavy atom. The molecule has 21 heavy (non-hydrogen) atoms. The zero-order valence-corrected chi connectivity index (χ0v) is 12.3. The molecule has 0 spiro atoms. The zero-order chi connectivity index (χ0) is 15.1. The number of nitrogens with one attached hydrogen (secondary N) is 1. The number of unbranched alkanes of at least 4 members (excludes halogenated alkanes) is 1. The Bertz CT molecular complexity index is 486. The highest BCUT2D eigenvalue weighted by molar-refractivity contribution is 5.92. The highest BCUT2D eigenvalue weighted by Crippen LogP contribution is 2.13. The second-order valence-corrected chi connectivity index (χ2v) is 5.00. The summed E-state index contributed by atoms with van der Waals surface area (Å²) < 4.78 is 0. The summed E-state index contributed by atoms with van der Waals surface area (Å²) >= 11 is 0. The van der Waals surface area contributed by atoms with Gasteiger partial charge in [-0.2, -0.15) is 0 Å². The van der Waals surface area contributed by atoms with Gasteiger partial charge in [0.2, 0.25) is 6.41 Å². The monoisotopic (exact) mass is 291 g/mol. The van der Waals surface area contributed by atoms with Gasteiger partial charge in [0.1, 0.15) is 17.8 Å². The van der Waals surface area contributed by atoms with Gasteiger partial charge in [-0.3, -0.25) is 9.59 Å². The summed E-state index contributed by atoms with van der Waals surface area (Å²) in [6.45, 7) is 5.51. The lowest BCUT2D eigenvalue weighted by atomic mass is 10.3. The number of anilines is 1. The van der Waals surface area contributed by atoms with Crippen LogP contribution in [0.15, 0.2) is 12.4 Å². The van der Waals surface area contributed by atoms with Crippen molar-refractivity contribution in [3.05, 3.63) is 18.1 Å². The fraction of sp³-hybridized carbons (Fsp3) is 0.571. The SMILES string of the molecule is CCCCNC(=O)c1cc(N2CCN(C=O)CC2)ncn1. The van der Waals surface area contributed by atoms with Gasteiger partial charge >= 0.3 is 0 Å². The van der Waals surface area contributed by atoms with Crippen molar-refractivity contribution >= 4 is 18.1 Å². The Balaban J connectivity index is 1.97. The lowest BCUT2D eigenvalue weighted by Gasteiger charge is -2.33. The molecule has 0 saturated carbocycles. The molecule has 7 heteroatoms. The number of hydrogen-bond acceptors (Lipinski definition) is 5. The van der Waals surface area contributed by atoms with Crippen molar-refractivity contribution in [1.29, 1.82) is 0 Å². The number of carbonyl (C=O) groups is 2. The summed E-state index contributed by atoms with van der Waals surface area (Å²) in [5, 5.41) is 2.84. The molecule has 1 aliphatic heterocycles. The van der Waals surface area contributed by atoms with Gasteiger partial charge in [-0.05, 0) is 6.42 Å². The number of hydrogen-bond donors (Lipinski definition) is 1. The topological polar surface area (TPSA) is 78.4 Å². The first-order chi connectivity index (χ1) is 10.2. The largest absolute Gasteiger partial charge is 0.353 e. The molecule has 0 unspecified atom stereocenters. The molecule has 114 valence electrons. The average molecular weight is 291 g/mol. The Hall–Kier alpha value is -2.18. The Morgan fingerprint density at radius 2 is 2.10 bits per heavy atom. The number of piperazine rings is 1. The summed E-state index contributed by atoms with van der Waals surface area (Å²) in [4.78, 5) is 34.7. The summed E-state index contributed by atoms with van der Waals surface area (Å²) in [5.41, 5.74) is 0.383. The van der Waals surface area contributed by atoms with E-state index in [0.29, 0.717) is 38.4 Å². The van der Waals surface area contributed by atoms with E-state index in [4.69, 9.17) is 0 Å². The molecular weight excluding hydrogens is 270 g/mol. The number of aromatic nitrogens is 2. The minimum atomic E-state index is -0.168. The lowest BCUT2D eigenvalue weighted by molar-refractivity contribution is -0.118. The van der Waals surface area contributed by atoms with E-state index in [-0.39, 0.29) is 5.91 Å². The van der Waals surface area contributed by atoms with Crippen molar-refractivity contribution in [2.45, 2.75) is 19.8 Å². The summed E-state index contributed by atoms with van der Waals surface area (Å²) in [5.74, 6) is 0.565. The molecule has 2 heterocycles. The third-order valence-corrected chi connectivity index (χ3v) is 3.49. The van der Waals surface area contributed by atoms with Crippen LogP contribution in [0.25, 0.3) is 0 Å². The van der Waals surface area contributed by atoms with E-state index in [1.165, 1.54) is 6.33 Å². The van der Waals surface area contributed by atoms with Crippen molar-refractivity contribution in [3.8, 4) is 0 Å². The maximum atomic E-state index is 12.0. The fourth-order valence-electron chi connectivity index (χ4n) is 2.17. The Kier molecular flexibility index (Phi) is 5.48. The van der Waals surface area contributed by atoms with Crippen molar-refractivity contribution in [1.82, 2.24) is 20.2 Å². The van der Waals surface area contributed by atoms with Crippen molar-refractivity contribution in [3.63, 3.8) is 0 Å². The molecule has 2 amide bonds. The normalized spacial score (nSPS) is 14.9. The fourth-order valence-corrected chi connectivity index (χ4v) is 2.17. The quantitative estimate of drug-likeness (QED) is 0.602. The van der Waals surface area contributed by atoms with E-state index in [9.17, 15) is 9.59 Å². The van der Waals surface area contributed by atoms with Gasteiger partial charge in [0, 0.05) is 38.8 Å². The lowest BCUT2D eigenvalue weighted by Crippen LogP contribution is -2.46. The van der Waals surface area contributed by atoms with Crippen molar-refractivity contribution in [2.24, 2.45) is 0 Å². The van der Waals surface area contributed by atoms with E-state index >= 15 is 0 Å². The number of rotatable bonds is 6. The Morgan fingerprint density at radius 3 is 2.76 bits per heavy atom. The highest BCUT2D eigenvalue weighted by atomic mass is 16.2. The molecule has 0 aliphatic carbocycles. The van der Waals surface area contributed by atoms with E-state index < -0.39 is 0 Å². The van der Waals surface area contributed by atoms with Gasteiger partial charge in [-0.25, -0.2) is 9.97 Å². The molecule has 1 aromatic rings. The number of carbonyl (C=O) groups excluding carboxylic acids is 2. The van der Waals surface area contributed by atoms with Gasteiger partial charge in [-0.1, -0.05) is 13.3 Å². The standard InChI is InChI=1S/C14H21N5O2/c1-2-3-4-15-14(21)12-9-13(17-10-16-12)19-7-5-18(11-20)6-8-19/h9-11H,2-8H2,1H3,(H,15,21). The molecule has 1 aliphatic rings. The maximum absolute atomic E-state index is 12.0. The first kappa shape index (κ1) is 15.2. The van der Waals surface area contributed by atoms with Crippen LogP contribution in [-0.2, 0) is 4.79 Å². The zero-order valence-electron chi connectivity index (χ0n) is 12.3. The van der Waals surface area contributed by atoms with E-state index in [1.807, 2.05) is 0 Å². The maximum Gasteiger partial charge on any atom is 0.270 e. The Labute approximate surface area is 124 Å². The molecule has 1 fully saturated rings. The molecule has 1 saturated heterocycles. The van der Waals surface area contributed by atoms with Crippen LogP contribution in [0.1, 0.15) is 30.3 Å². The molecule has 2 rings (SSSR count). The van der Waals surface area contributed by atoms with Gasteiger partial charge < -0.3 is 15.1 Å². The third kappa shape index (κ3) is 4.14. The predicted molar refractivity (Wildman–Crippen MR) is 79.1 cm³/mol. The van der Waals surface area contributed by atoms with Crippen LogP contribution in [0.2, 0.25) is 0 Å². The predicted octanol–water partition coefficient (Wildman–Crippen LogP) is 0.285. The number of amides is 2. The van der Waals surface area contributed by atoms with Crippen LogP contribution in [0, 0.1) is 0 Å². The van der Waals surface area contributed by atoms with Crippen LogP contribution in [-0.4, -0.2) is 59.9 Å². The van der Waals surface area contributed by atoms with Gasteiger partial charge in [0.25, 0.3) is 5.91 Å². The van der Waals surface area contributed by atoms with Gasteiger partial charge in [0.05, 0.1) is 0 Å². The second kappa shape index (κ2) is 7.56. The molecule has 7 nitrogen and oxygen atoms in total. The first-order valence-corrected chi connectivity index (χ1v) is 7.29. The smallest absolute Gasteiger partial charge is 0.270 e. The summed E-state index contributed by atoms with van der Waals surface area (Å²) in [6, 6.07) is 1.71. The molecule has 0 aromatic carbocycles. The number of nitrogens with zero attached hydrogens (tertiary/aromatic N) is 4. The van der Waals surface area contributed by atoms with Crippen LogP contribution in [0.5, 0.6) is 0 Å². The van der Waals surface area contributed by atoms with Crippen molar-refractivity contribution < 1.29 is 9.59 Å². The van der Waals surface area contributed by atoms with E-state index in [0.717, 1.165) is 25.1 Å². The van der Waals surface area contributed by atoms with E-state index in [1.54, 1.807) is 11.0 Å². The van der Waals surface area contributed by atoms with Crippen molar-refractivity contribution in [2.75, 3.05) is 37.6 Å². The minimum Gasteiger partial charge on any atom is -0.353 e. The molecule has 0 atom stereocenters. The first-order valence-electron chi connectivity index (χ1n) is 7.29. The van der Waals surface area contributed by atoms with Crippen LogP contribution in [0.3, 0.4) is 0 Å². The summed E-state index contributed by atoms with van der Waals surface area (Å²) in [7, 11) is 0. The second-order valence-electron chi connectivity index (χ2n) is 5.00. The molecule has 1 N–H and O–H groups in total.